The second-order valence-corrected chi connectivity index (χ2v) is 7.46. The molecule has 0 unspecified atom stereocenters. The molecule has 0 saturated carbocycles. The zero-order valence-corrected chi connectivity index (χ0v) is 14.5. The zero-order chi connectivity index (χ0) is 14.8. The van der Waals surface area contributed by atoms with Crippen molar-refractivity contribution >= 4 is 20.6 Å². The van der Waals surface area contributed by atoms with E-state index >= 15 is 0 Å². The molecule has 0 saturated heterocycles. The third kappa shape index (κ3) is 5.48. The van der Waals surface area contributed by atoms with Gasteiger partial charge in [0.05, 0.1) is 6.54 Å². The fraction of sp³-hybridized carbons (Fsp3) is 0.909. The Balaban J connectivity index is 2.51. The molecule has 0 N–H and O–H groups in total. The number of thioether (sulfide) groups is 1. The molecule has 1 aromatic rings. The minimum absolute atomic E-state index is 0.602. The molecule has 0 amide bonds. The van der Waals surface area contributed by atoms with E-state index in [1.54, 1.807) is 4.80 Å². The Morgan fingerprint density at radius 2 is 1.70 bits per heavy atom. The van der Waals surface area contributed by atoms with Crippen LogP contribution in [0, 0.1) is 0 Å². The normalized spacial score (nSPS) is 12.0. The van der Waals surface area contributed by atoms with Crippen molar-refractivity contribution in [3.8, 4) is 0 Å². The molecular weight excluding hydrogens is 296 g/mol. The number of aryl methyl sites for hydroxylation is 1. The van der Waals surface area contributed by atoms with Crippen molar-refractivity contribution in [3.63, 3.8) is 0 Å². The molecule has 0 fully saturated rings. The Labute approximate surface area is 125 Å². The lowest BCUT2D eigenvalue weighted by molar-refractivity contribution is 0.0703. The highest BCUT2D eigenvalue weighted by molar-refractivity contribution is 7.98. The maximum atomic E-state index is 5.80. The third-order valence-electron chi connectivity index (χ3n) is 2.55. The van der Waals surface area contributed by atoms with Crippen molar-refractivity contribution in [2.45, 2.75) is 44.9 Å². The van der Waals surface area contributed by atoms with E-state index in [2.05, 4.69) is 15.4 Å². The number of rotatable bonds is 11. The van der Waals surface area contributed by atoms with Gasteiger partial charge in [-0.15, -0.1) is 10.2 Å². The highest BCUT2D eigenvalue weighted by Crippen LogP contribution is 2.18. The highest BCUT2D eigenvalue weighted by atomic mass is 32.2. The van der Waals surface area contributed by atoms with E-state index < -0.39 is 8.80 Å². The van der Waals surface area contributed by atoms with Gasteiger partial charge in [0.1, 0.15) is 0 Å². The van der Waals surface area contributed by atoms with Gasteiger partial charge in [-0.3, -0.25) is 0 Å². The molecule has 0 bridgehead atoms. The summed E-state index contributed by atoms with van der Waals surface area (Å²) in [7, 11) is -2.55. The Kier molecular flexibility index (Phi) is 8.30. The summed E-state index contributed by atoms with van der Waals surface area (Å²) in [6.07, 6.45) is 2.77. The molecular formula is C11H24N4O3SSi. The Morgan fingerprint density at radius 1 is 1.10 bits per heavy atom. The maximum Gasteiger partial charge on any atom is 0.500 e. The average Bonchev–Trinajstić information content (AvgIpc) is 2.88. The summed E-state index contributed by atoms with van der Waals surface area (Å²) < 4.78 is 17.4. The Bertz CT molecular complexity index is 363. The van der Waals surface area contributed by atoms with E-state index in [1.807, 2.05) is 27.0 Å². The number of aromatic nitrogens is 4. The fourth-order valence-corrected chi connectivity index (χ4v) is 4.73. The van der Waals surface area contributed by atoms with Crippen LogP contribution in [0.1, 0.15) is 27.2 Å². The van der Waals surface area contributed by atoms with Gasteiger partial charge >= 0.3 is 8.80 Å². The molecule has 0 aliphatic rings. The van der Waals surface area contributed by atoms with E-state index in [0.717, 1.165) is 12.5 Å². The lowest BCUT2D eigenvalue weighted by atomic mass is 10.5. The molecule has 0 atom stereocenters. The summed E-state index contributed by atoms with van der Waals surface area (Å²) in [4.78, 5) is 1.61. The summed E-state index contributed by atoms with van der Waals surface area (Å²) in [6, 6.07) is 0.763. The van der Waals surface area contributed by atoms with Crippen LogP contribution in [0.4, 0.5) is 0 Å². The van der Waals surface area contributed by atoms with Crippen molar-refractivity contribution in [2.75, 3.05) is 26.1 Å². The van der Waals surface area contributed by atoms with Gasteiger partial charge in [-0.25, -0.2) is 0 Å². The number of tetrazole rings is 1. The van der Waals surface area contributed by atoms with Gasteiger partial charge in [0.2, 0.25) is 5.16 Å². The van der Waals surface area contributed by atoms with Gasteiger partial charge in [0, 0.05) is 25.9 Å². The molecule has 0 aromatic carbocycles. The van der Waals surface area contributed by atoms with E-state index in [-0.39, 0.29) is 0 Å². The van der Waals surface area contributed by atoms with Gasteiger partial charge in [0.25, 0.3) is 0 Å². The van der Waals surface area contributed by atoms with Crippen molar-refractivity contribution in [3.05, 3.63) is 0 Å². The lowest BCUT2D eigenvalue weighted by Crippen LogP contribution is -2.46. The van der Waals surface area contributed by atoms with Crippen LogP contribution < -0.4 is 0 Å². The van der Waals surface area contributed by atoms with E-state index in [9.17, 15) is 0 Å². The molecule has 0 aliphatic carbocycles. The SMILES string of the molecule is CCO[Si](CCCn1nnc(SC)n1)(OCC)OCC. The first-order valence-electron chi connectivity index (χ1n) is 6.93. The fourth-order valence-electron chi connectivity index (χ4n) is 1.84. The van der Waals surface area contributed by atoms with Gasteiger partial charge in [-0.2, -0.15) is 4.80 Å². The molecule has 0 radical (unpaired) electrons. The Hall–Kier alpha value is -0.483. The Morgan fingerprint density at radius 3 is 2.15 bits per heavy atom. The van der Waals surface area contributed by atoms with Gasteiger partial charge < -0.3 is 13.3 Å². The third-order valence-corrected chi connectivity index (χ3v) is 6.23. The average molecular weight is 320 g/mol. The van der Waals surface area contributed by atoms with Crippen LogP contribution in [-0.2, 0) is 19.8 Å². The maximum absolute atomic E-state index is 5.80. The molecule has 1 rings (SSSR count). The molecule has 1 heterocycles. The summed E-state index contributed by atoms with van der Waals surface area (Å²) in [5.41, 5.74) is 0. The van der Waals surface area contributed by atoms with E-state index in [0.29, 0.717) is 31.5 Å². The van der Waals surface area contributed by atoms with Gasteiger partial charge in [-0.1, -0.05) is 11.8 Å². The molecule has 20 heavy (non-hydrogen) atoms. The standard InChI is InChI=1S/C11H24N4O3SSi/c1-5-16-20(17-6-2,18-7-3)10-8-9-15-13-11(19-4)12-14-15/h5-10H2,1-4H3. The van der Waals surface area contributed by atoms with Gasteiger partial charge in [0.15, 0.2) is 0 Å². The second-order valence-electron chi connectivity index (χ2n) is 3.96. The van der Waals surface area contributed by atoms with Crippen LogP contribution >= 0.6 is 11.8 Å². The minimum atomic E-state index is -2.55. The number of hydrogen-bond acceptors (Lipinski definition) is 7. The predicted molar refractivity (Wildman–Crippen MR) is 79.7 cm³/mol. The summed E-state index contributed by atoms with van der Waals surface area (Å²) in [6.45, 7) is 8.38. The second kappa shape index (κ2) is 9.45. The lowest BCUT2D eigenvalue weighted by Gasteiger charge is -2.28. The van der Waals surface area contributed by atoms with Gasteiger partial charge in [-0.05, 0) is 38.7 Å². The van der Waals surface area contributed by atoms with Crippen LogP contribution in [-0.4, -0.2) is 55.1 Å². The molecule has 7 nitrogen and oxygen atoms in total. The first kappa shape index (κ1) is 17.6. The predicted octanol–water partition coefficient (Wildman–Crippen LogP) is 1.83. The number of hydrogen-bond donors (Lipinski definition) is 0. The van der Waals surface area contributed by atoms with Crippen LogP contribution in [0.15, 0.2) is 5.16 Å². The van der Waals surface area contributed by atoms with E-state index in [1.165, 1.54) is 11.8 Å². The molecule has 1 aromatic heterocycles. The largest absolute Gasteiger partial charge is 0.500 e. The smallest absolute Gasteiger partial charge is 0.374 e. The molecule has 0 spiro atoms. The van der Waals surface area contributed by atoms with Crippen LogP contribution in [0.3, 0.4) is 0 Å². The van der Waals surface area contributed by atoms with Crippen LogP contribution in [0.25, 0.3) is 0 Å². The van der Waals surface area contributed by atoms with Crippen molar-refractivity contribution < 1.29 is 13.3 Å². The number of nitrogens with zero attached hydrogens (tertiary/aromatic N) is 4. The monoisotopic (exact) mass is 320 g/mol. The van der Waals surface area contributed by atoms with Crippen molar-refractivity contribution in [1.82, 2.24) is 20.2 Å². The van der Waals surface area contributed by atoms with E-state index in [4.69, 9.17) is 13.3 Å². The highest BCUT2D eigenvalue weighted by Gasteiger charge is 2.39. The van der Waals surface area contributed by atoms with Crippen LogP contribution in [0.5, 0.6) is 0 Å². The molecule has 9 heteroatoms. The first-order valence-corrected chi connectivity index (χ1v) is 10.1. The zero-order valence-electron chi connectivity index (χ0n) is 12.7. The topological polar surface area (TPSA) is 71.3 Å². The molecule has 0 aliphatic heterocycles. The quantitative estimate of drug-likeness (QED) is 0.455. The molecule has 116 valence electrons. The minimum Gasteiger partial charge on any atom is -0.374 e. The summed E-state index contributed by atoms with van der Waals surface area (Å²) in [5.74, 6) is 0. The summed E-state index contributed by atoms with van der Waals surface area (Å²) in [5, 5.41) is 12.8. The van der Waals surface area contributed by atoms with Crippen LogP contribution in [0.2, 0.25) is 6.04 Å². The van der Waals surface area contributed by atoms with Crippen molar-refractivity contribution in [2.24, 2.45) is 0 Å². The summed E-state index contributed by atoms with van der Waals surface area (Å²) >= 11 is 1.48. The van der Waals surface area contributed by atoms with Crippen molar-refractivity contribution in [1.29, 1.82) is 0 Å². The first-order chi connectivity index (χ1) is 9.69.